The van der Waals surface area contributed by atoms with Crippen molar-refractivity contribution in [3.8, 4) is 17.1 Å². The molecule has 57 heavy (non-hydrogen) atoms. The van der Waals surface area contributed by atoms with Gasteiger partial charge in [0.2, 0.25) is 40.0 Å². The second-order valence-corrected chi connectivity index (χ2v) is 17.5. The zero-order valence-corrected chi connectivity index (χ0v) is 33.0. The van der Waals surface area contributed by atoms with Gasteiger partial charge in [-0.1, -0.05) is 33.1 Å². The van der Waals surface area contributed by atoms with Crippen LogP contribution in [-0.2, 0) is 33.9 Å². The normalized spacial score (nSPS) is 24.7. The van der Waals surface area contributed by atoms with E-state index < -0.39 is 99.4 Å². The highest BCUT2D eigenvalue weighted by Crippen LogP contribution is 2.48. The lowest BCUT2D eigenvalue weighted by atomic mass is 9.83. The Morgan fingerprint density at radius 1 is 0.965 bits per heavy atom. The van der Waals surface area contributed by atoms with E-state index in [0.717, 1.165) is 19.3 Å². The molecule has 6 rings (SSSR count). The molecule has 3 aliphatic carbocycles. The molecule has 0 spiro atoms. The van der Waals surface area contributed by atoms with Crippen LogP contribution >= 0.6 is 0 Å². The van der Waals surface area contributed by atoms with Gasteiger partial charge in [-0.15, -0.1) is 10.2 Å². The van der Waals surface area contributed by atoms with Gasteiger partial charge in [-0.25, -0.2) is 22.0 Å². The number of aromatic nitrogens is 4. The molecule has 21 heteroatoms. The summed E-state index contributed by atoms with van der Waals surface area (Å²) in [7, 11) is -1.45. The fourth-order valence-electron chi connectivity index (χ4n) is 7.73. The van der Waals surface area contributed by atoms with Gasteiger partial charge < -0.3 is 30.3 Å². The second kappa shape index (κ2) is 16.9. The van der Waals surface area contributed by atoms with E-state index >= 15 is 0 Å². The average Bonchev–Trinajstić information content (AvgIpc) is 4.08. The topological polar surface area (TPSA) is 233 Å². The van der Waals surface area contributed by atoms with Gasteiger partial charge in [-0.05, 0) is 73.4 Å². The summed E-state index contributed by atoms with van der Waals surface area (Å²) in [6, 6.07) is 2.42. The predicted molar refractivity (Wildman–Crippen MR) is 197 cm³/mol. The third-order valence-corrected chi connectivity index (χ3v) is 13.1. The van der Waals surface area contributed by atoms with E-state index in [1.54, 1.807) is 38.1 Å². The van der Waals surface area contributed by atoms with Crippen LogP contribution in [0.5, 0.6) is 5.75 Å². The first-order valence-corrected chi connectivity index (χ1v) is 20.7. The Morgan fingerprint density at radius 2 is 1.65 bits per heavy atom. The van der Waals surface area contributed by atoms with E-state index in [4.69, 9.17) is 9.47 Å². The molecule has 1 aromatic carbocycles. The average molecular weight is 822 g/mol. The van der Waals surface area contributed by atoms with E-state index in [2.05, 4.69) is 31.4 Å². The van der Waals surface area contributed by atoms with Gasteiger partial charge in [0, 0.05) is 18.5 Å². The maximum absolute atomic E-state index is 14.6. The summed E-state index contributed by atoms with van der Waals surface area (Å²) in [6.07, 6.45) is 0.0781. The number of nitrogens with one attached hydrogen (secondary N) is 4. The van der Waals surface area contributed by atoms with Crippen molar-refractivity contribution >= 4 is 39.7 Å². The molecule has 2 aromatic rings. The Hall–Kier alpha value is -4.95. The van der Waals surface area contributed by atoms with E-state index in [1.165, 1.54) is 23.9 Å². The molecule has 0 radical (unpaired) electrons. The van der Waals surface area contributed by atoms with Crippen LogP contribution in [0.25, 0.3) is 11.4 Å². The number of benzene rings is 1. The number of nitrogens with zero attached hydrogens (tertiary/aromatic N) is 5. The van der Waals surface area contributed by atoms with Gasteiger partial charge in [0.25, 0.3) is 5.91 Å². The first-order valence-electron chi connectivity index (χ1n) is 19.1. The fraction of sp³-hybridized carbons (Fsp3) is 0.667. The highest BCUT2D eigenvalue weighted by Gasteiger charge is 2.66. The molecule has 1 aliphatic heterocycles. The predicted octanol–water partition coefficient (Wildman–Crippen LogP) is 1.68. The number of amides is 5. The number of likely N-dealkylation sites (tertiary alicyclic amines) is 1. The zero-order chi connectivity index (χ0) is 41.2. The smallest absolute Gasteiger partial charge is 0.407 e. The molecule has 1 unspecified atom stereocenters. The molecule has 4 fully saturated rings. The van der Waals surface area contributed by atoms with E-state index in [0.29, 0.717) is 37.0 Å². The summed E-state index contributed by atoms with van der Waals surface area (Å²) in [5.74, 6) is -5.19. The molecule has 18 nitrogen and oxygen atoms in total. The summed E-state index contributed by atoms with van der Waals surface area (Å²) in [4.78, 5) is 70.9. The molecule has 3 saturated carbocycles. The Kier molecular flexibility index (Phi) is 12.3. The van der Waals surface area contributed by atoms with E-state index in [9.17, 15) is 41.2 Å². The number of alkyl carbamates (subject to hydrolysis) is 1. The van der Waals surface area contributed by atoms with Gasteiger partial charge in [0.05, 0.1) is 31.4 Å². The lowest BCUT2D eigenvalue weighted by Gasteiger charge is -2.34. The monoisotopic (exact) mass is 821 g/mol. The minimum atomic E-state index is -4.15. The van der Waals surface area contributed by atoms with Crippen LogP contribution in [-0.4, -0.2) is 119 Å². The molecule has 4 aliphatic rings. The van der Waals surface area contributed by atoms with Crippen molar-refractivity contribution in [2.45, 2.75) is 113 Å². The standard InChI is InChI=1S/C36H49F2N9O9S/c1-19(2)27(39-32(49)28(40-35(52)56-4)20-8-6-5-7-9-20)33(50)46-18-22(47-43-30(42-45-47)21-10-12-23(55-3)13-11-21)16-26(46)31(48)41-36(17-25(36)29(37)38)34(51)44-57(53,54)24-14-15-24/h10-13,19-20,22,24-29H,5-9,14-18H2,1-4H3,(H,39,49)(H,40,52)(H,41,48)(H,44,51)/t22-,25+,26?,27+,28+,36-/m1/s1. The largest absolute Gasteiger partial charge is 0.497 e. The quantitative estimate of drug-likeness (QED) is 0.201. The van der Waals surface area contributed by atoms with Crippen LogP contribution in [0.2, 0.25) is 0 Å². The van der Waals surface area contributed by atoms with Gasteiger partial charge in [0.15, 0.2) is 0 Å². The van der Waals surface area contributed by atoms with Gasteiger partial charge in [0.1, 0.15) is 29.4 Å². The molecule has 1 saturated heterocycles. The van der Waals surface area contributed by atoms with Crippen molar-refractivity contribution < 1.29 is 50.6 Å². The number of ether oxygens (including phenoxy) is 2. The lowest BCUT2D eigenvalue weighted by Crippen LogP contribution is -2.61. The van der Waals surface area contributed by atoms with Crippen LogP contribution < -0.4 is 25.4 Å². The molecule has 5 amide bonds. The first kappa shape index (κ1) is 41.7. The lowest BCUT2D eigenvalue weighted by molar-refractivity contribution is -0.143. The molecule has 2 heterocycles. The Bertz CT molecular complexity index is 1940. The Balaban J connectivity index is 1.28. The first-order chi connectivity index (χ1) is 27.1. The molecule has 0 bridgehead atoms. The van der Waals surface area contributed by atoms with Crippen LogP contribution in [0.15, 0.2) is 24.3 Å². The molecular weight excluding hydrogens is 773 g/mol. The van der Waals surface area contributed by atoms with Crippen molar-refractivity contribution in [1.29, 1.82) is 0 Å². The van der Waals surface area contributed by atoms with Crippen LogP contribution in [0.3, 0.4) is 0 Å². The number of rotatable bonds is 15. The summed E-state index contributed by atoms with van der Waals surface area (Å²) < 4.78 is 65.5. The third kappa shape index (κ3) is 9.12. The highest BCUT2D eigenvalue weighted by atomic mass is 32.2. The van der Waals surface area contributed by atoms with Crippen molar-refractivity contribution in [1.82, 2.24) is 45.8 Å². The number of alkyl halides is 2. The number of carbonyl (C=O) groups excluding carboxylic acids is 5. The Labute approximate surface area is 328 Å². The molecular formula is C36H49F2N9O9S. The number of carbonyl (C=O) groups is 5. The number of tetrazole rings is 1. The van der Waals surface area contributed by atoms with Crippen LogP contribution in [0.4, 0.5) is 13.6 Å². The minimum absolute atomic E-state index is 0.152. The SMILES string of the molecule is COC(=O)N[C@H](C(=O)N[C@H](C(=O)N1C[C@H](n2nnc(-c3ccc(OC)cc3)n2)CC1C(=O)N[C@]1(C(=O)NS(=O)(=O)C2CC2)C[C@H]1C(F)F)C(C)C)C1CCCCC1. The number of halogens is 2. The zero-order valence-electron chi connectivity index (χ0n) is 32.2. The van der Waals surface area contributed by atoms with Gasteiger partial charge >= 0.3 is 6.09 Å². The number of hydrogen-bond acceptors (Lipinski definition) is 12. The maximum Gasteiger partial charge on any atom is 0.407 e. The van der Waals surface area contributed by atoms with Crippen molar-refractivity contribution in [2.75, 3.05) is 20.8 Å². The molecule has 4 N–H and O–H groups in total. The summed E-state index contributed by atoms with van der Waals surface area (Å²) in [5.41, 5.74) is -1.65. The van der Waals surface area contributed by atoms with Crippen molar-refractivity contribution in [2.24, 2.45) is 17.8 Å². The minimum Gasteiger partial charge on any atom is -0.497 e. The van der Waals surface area contributed by atoms with Crippen LogP contribution in [0.1, 0.15) is 77.7 Å². The second-order valence-electron chi connectivity index (χ2n) is 15.6. The molecule has 312 valence electrons. The number of hydrogen-bond donors (Lipinski definition) is 4. The Morgan fingerprint density at radius 3 is 2.23 bits per heavy atom. The maximum atomic E-state index is 14.6. The highest BCUT2D eigenvalue weighted by molar-refractivity contribution is 7.91. The van der Waals surface area contributed by atoms with E-state index in [-0.39, 0.29) is 24.7 Å². The molecule has 6 atom stereocenters. The summed E-state index contributed by atoms with van der Waals surface area (Å²) in [6.45, 7) is 3.19. The van der Waals surface area contributed by atoms with Gasteiger partial charge in [-0.2, -0.15) is 4.80 Å². The van der Waals surface area contributed by atoms with Gasteiger partial charge in [-0.3, -0.25) is 23.9 Å². The molecule has 1 aromatic heterocycles. The van der Waals surface area contributed by atoms with E-state index in [1.807, 2.05) is 4.72 Å². The third-order valence-electron chi connectivity index (χ3n) is 11.3. The van der Waals surface area contributed by atoms with Crippen molar-refractivity contribution in [3.05, 3.63) is 24.3 Å². The number of methoxy groups -OCH3 is 2. The fourth-order valence-corrected chi connectivity index (χ4v) is 9.10. The van der Waals surface area contributed by atoms with Crippen molar-refractivity contribution in [3.63, 3.8) is 0 Å². The van der Waals surface area contributed by atoms with Crippen LogP contribution in [0, 0.1) is 17.8 Å². The summed E-state index contributed by atoms with van der Waals surface area (Å²) in [5, 5.41) is 19.8. The number of sulfonamides is 1. The summed E-state index contributed by atoms with van der Waals surface area (Å²) >= 11 is 0.